The van der Waals surface area contributed by atoms with E-state index < -0.39 is 0 Å². The van der Waals surface area contributed by atoms with Crippen LogP contribution in [0.2, 0.25) is 0 Å². The summed E-state index contributed by atoms with van der Waals surface area (Å²) in [5.41, 5.74) is 1.80. The van der Waals surface area contributed by atoms with Crippen molar-refractivity contribution in [2.75, 3.05) is 7.05 Å². The molecule has 122 valence electrons. The van der Waals surface area contributed by atoms with Crippen molar-refractivity contribution < 1.29 is 4.52 Å². The zero-order valence-corrected chi connectivity index (χ0v) is 13.5. The first kappa shape index (κ1) is 14.9. The van der Waals surface area contributed by atoms with Crippen LogP contribution in [0.4, 0.5) is 0 Å². The Morgan fingerprint density at radius 1 is 1.12 bits per heavy atom. The van der Waals surface area contributed by atoms with Crippen LogP contribution in [0.1, 0.15) is 36.0 Å². The van der Waals surface area contributed by atoms with Crippen molar-refractivity contribution in [1.29, 1.82) is 0 Å². The lowest BCUT2D eigenvalue weighted by atomic mass is 10.3. The number of hydrogen-bond acceptors (Lipinski definition) is 7. The van der Waals surface area contributed by atoms with Crippen molar-refractivity contribution in [3.8, 4) is 11.5 Å². The fourth-order valence-electron chi connectivity index (χ4n) is 2.50. The van der Waals surface area contributed by atoms with Gasteiger partial charge in [-0.1, -0.05) is 11.2 Å². The Hall–Kier alpha value is -2.67. The maximum atomic E-state index is 5.31. The van der Waals surface area contributed by atoms with Crippen LogP contribution in [-0.4, -0.2) is 37.0 Å². The lowest BCUT2D eigenvalue weighted by Crippen LogP contribution is -2.17. The van der Waals surface area contributed by atoms with Crippen molar-refractivity contribution >= 4 is 0 Å². The van der Waals surface area contributed by atoms with Crippen LogP contribution < -0.4 is 0 Å². The van der Waals surface area contributed by atoms with E-state index in [1.807, 2.05) is 37.6 Å². The maximum absolute atomic E-state index is 5.31. The molecule has 0 N–H and O–H groups in total. The van der Waals surface area contributed by atoms with Crippen LogP contribution in [-0.2, 0) is 13.1 Å². The van der Waals surface area contributed by atoms with E-state index in [0.717, 1.165) is 17.1 Å². The Morgan fingerprint density at radius 2 is 1.96 bits per heavy atom. The van der Waals surface area contributed by atoms with Gasteiger partial charge < -0.3 is 4.52 Å². The van der Waals surface area contributed by atoms with Crippen molar-refractivity contribution in [3.63, 3.8) is 0 Å². The number of hydrogen-bond donors (Lipinski definition) is 0. The molecule has 1 fully saturated rings. The molecule has 0 spiro atoms. The summed E-state index contributed by atoms with van der Waals surface area (Å²) in [7, 11) is 2.01. The van der Waals surface area contributed by atoms with Gasteiger partial charge in [-0.25, -0.2) is 9.97 Å². The van der Waals surface area contributed by atoms with E-state index in [0.29, 0.717) is 30.7 Å². The highest BCUT2D eigenvalue weighted by Gasteiger charge is 2.28. The minimum Gasteiger partial charge on any atom is -0.338 e. The second-order valence-electron chi connectivity index (χ2n) is 6.12. The second kappa shape index (κ2) is 6.45. The lowest BCUT2D eigenvalue weighted by Gasteiger charge is -2.13. The van der Waals surface area contributed by atoms with E-state index in [1.165, 1.54) is 12.8 Å². The average Bonchev–Trinajstić information content (AvgIpc) is 3.36. The largest absolute Gasteiger partial charge is 0.338 e. The molecule has 0 radical (unpaired) electrons. The molecule has 3 aromatic rings. The summed E-state index contributed by atoms with van der Waals surface area (Å²) in [5.74, 6) is 2.65. The monoisotopic (exact) mass is 322 g/mol. The Bertz CT molecular complexity index is 797. The summed E-state index contributed by atoms with van der Waals surface area (Å²) in [4.78, 5) is 19.6. The minimum atomic E-state index is 0.514. The van der Waals surface area contributed by atoms with E-state index in [2.05, 4.69) is 30.0 Å². The van der Waals surface area contributed by atoms with Crippen LogP contribution in [0.25, 0.3) is 11.5 Å². The van der Waals surface area contributed by atoms with E-state index in [9.17, 15) is 0 Å². The average molecular weight is 322 g/mol. The minimum absolute atomic E-state index is 0.514. The van der Waals surface area contributed by atoms with E-state index >= 15 is 0 Å². The van der Waals surface area contributed by atoms with Crippen LogP contribution in [0.5, 0.6) is 0 Å². The smallest absolute Gasteiger partial charge is 0.240 e. The van der Waals surface area contributed by atoms with E-state index in [1.54, 1.807) is 6.20 Å². The Kier molecular flexibility index (Phi) is 4.00. The number of aromatic nitrogens is 5. The van der Waals surface area contributed by atoms with Gasteiger partial charge in [-0.15, -0.1) is 0 Å². The highest BCUT2D eigenvalue weighted by Crippen LogP contribution is 2.38. The molecular formula is C17H18N6O. The van der Waals surface area contributed by atoms with Crippen LogP contribution in [0.15, 0.2) is 41.3 Å². The Labute approximate surface area is 139 Å². The molecule has 24 heavy (non-hydrogen) atoms. The zero-order valence-electron chi connectivity index (χ0n) is 13.5. The molecule has 0 unspecified atom stereocenters. The summed E-state index contributed by atoms with van der Waals surface area (Å²) in [6.07, 6.45) is 7.75. The fourth-order valence-corrected chi connectivity index (χ4v) is 2.50. The summed E-state index contributed by atoms with van der Waals surface area (Å²) < 4.78 is 5.31. The van der Waals surface area contributed by atoms with E-state index in [4.69, 9.17) is 4.52 Å². The summed E-state index contributed by atoms with van der Waals surface area (Å²) in [6.45, 7) is 1.32. The SMILES string of the molecule is CN(Cc1cnc(-c2ccccn2)nc1)Cc1nc(C2CC2)no1. The van der Waals surface area contributed by atoms with Gasteiger partial charge in [0.25, 0.3) is 0 Å². The molecule has 0 amide bonds. The first-order valence-corrected chi connectivity index (χ1v) is 8.01. The quantitative estimate of drug-likeness (QED) is 0.689. The molecule has 1 saturated carbocycles. The van der Waals surface area contributed by atoms with Crippen molar-refractivity contribution in [2.45, 2.75) is 31.8 Å². The van der Waals surface area contributed by atoms with E-state index in [-0.39, 0.29) is 0 Å². The molecule has 0 aliphatic heterocycles. The molecule has 0 saturated heterocycles. The lowest BCUT2D eigenvalue weighted by molar-refractivity contribution is 0.260. The van der Waals surface area contributed by atoms with Crippen molar-refractivity contribution in [2.24, 2.45) is 0 Å². The van der Waals surface area contributed by atoms with Crippen molar-refractivity contribution in [3.05, 3.63) is 54.1 Å². The third-order valence-corrected chi connectivity index (χ3v) is 3.88. The van der Waals surface area contributed by atoms with Gasteiger partial charge in [-0.05, 0) is 32.0 Å². The van der Waals surface area contributed by atoms with Crippen LogP contribution >= 0.6 is 0 Å². The molecule has 1 aliphatic carbocycles. The van der Waals surface area contributed by atoms with Gasteiger partial charge in [-0.2, -0.15) is 4.98 Å². The maximum Gasteiger partial charge on any atom is 0.240 e. The number of nitrogens with zero attached hydrogens (tertiary/aromatic N) is 6. The standard InChI is InChI=1S/C17H18N6O/c1-23(11-15-21-16(22-24-15)13-5-6-13)10-12-8-19-17(20-9-12)14-4-2-3-7-18-14/h2-4,7-9,13H,5-6,10-11H2,1H3. The molecule has 0 bridgehead atoms. The topological polar surface area (TPSA) is 80.8 Å². The summed E-state index contributed by atoms with van der Waals surface area (Å²) >= 11 is 0. The zero-order chi connectivity index (χ0) is 16.4. The first-order chi connectivity index (χ1) is 11.8. The van der Waals surface area contributed by atoms with Gasteiger partial charge in [0.1, 0.15) is 5.69 Å². The molecule has 0 aromatic carbocycles. The van der Waals surface area contributed by atoms with Crippen molar-refractivity contribution in [1.82, 2.24) is 30.0 Å². The summed E-state index contributed by atoms with van der Waals surface area (Å²) in [6, 6.07) is 5.70. The Morgan fingerprint density at radius 3 is 2.67 bits per heavy atom. The van der Waals surface area contributed by atoms with Crippen LogP contribution in [0, 0.1) is 0 Å². The predicted octanol–water partition coefficient (Wildman–Crippen LogP) is 2.43. The molecular weight excluding hydrogens is 304 g/mol. The van der Waals surface area contributed by atoms with Gasteiger partial charge in [-0.3, -0.25) is 9.88 Å². The molecule has 7 heteroatoms. The fraction of sp³-hybridized carbons (Fsp3) is 0.353. The van der Waals surface area contributed by atoms with Gasteiger partial charge in [0.05, 0.1) is 6.54 Å². The molecule has 7 nitrogen and oxygen atoms in total. The molecule has 1 aliphatic rings. The third kappa shape index (κ3) is 3.46. The molecule has 3 aromatic heterocycles. The Balaban J connectivity index is 1.37. The van der Waals surface area contributed by atoms with Crippen LogP contribution in [0.3, 0.4) is 0 Å². The van der Waals surface area contributed by atoms with Gasteiger partial charge in [0.2, 0.25) is 5.89 Å². The predicted molar refractivity (Wildman–Crippen MR) is 86.7 cm³/mol. The molecule has 4 rings (SSSR count). The van der Waals surface area contributed by atoms with Gasteiger partial charge in [0.15, 0.2) is 11.6 Å². The highest BCUT2D eigenvalue weighted by atomic mass is 16.5. The molecule has 3 heterocycles. The number of rotatable bonds is 6. The normalized spacial score (nSPS) is 14.2. The third-order valence-electron chi connectivity index (χ3n) is 3.88. The second-order valence-corrected chi connectivity index (χ2v) is 6.12. The van der Waals surface area contributed by atoms with Gasteiger partial charge >= 0.3 is 0 Å². The highest BCUT2D eigenvalue weighted by molar-refractivity contribution is 5.47. The summed E-state index contributed by atoms with van der Waals surface area (Å²) in [5, 5.41) is 4.04. The molecule has 0 atom stereocenters. The first-order valence-electron chi connectivity index (χ1n) is 8.01. The van der Waals surface area contributed by atoms with Gasteiger partial charge in [0, 0.05) is 36.6 Å². The number of pyridine rings is 1.